The van der Waals surface area contributed by atoms with Gasteiger partial charge in [-0.2, -0.15) is 0 Å². The van der Waals surface area contributed by atoms with Crippen molar-refractivity contribution in [1.82, 2.24) is 9.88 Å². The zero-order valence-corrected chi connectivity index (χ0v) is 10.0. The zero-order valence-electron chi connectivity index (χ0n) is 9.23. The van der Waals surface area contributed by atoms with Gasteiger partial charge in [-0.25, -0.2) is 4.98 Å². The van der Waals surface area contributed by atoms with Crippen molar-refractivity contribution in [2.45, 2.75) is 19.8 Å². The number of aliphatic hydroxyl groups excluding tert-OH is 1. The molecule has 0 aliphatic carbocycles. The van der Waals surface area contributed by atoms with E-state index in [1.165, 1.54) is 16.2 Å². The number of aliphatic hydroxyl groups is 1. The Labute approximate surface area is 93.6 Å². The van der Waals surface area contributed by atoms with Crippen molar-refractivity contribution in [3.05, 3.63) is 16.1 Å². The van der Waals surface area contributed by atoms with E-state index in [1.54, 1.807) is 13.2 Å². The highest BCUT2D eigenvalue weighted by Crippen LogP contribution is 2.21. The molecule has 0 bridgehead atoms. The highest BCUT2D eigenvalue weighted by atomic mass is 32.1. The first kappa shape index (κ1) is 12.1. The zero-order chi connectivity index (χ0) is 11.4. The molecule has 1 N–H and O–H groups in total. The predicted molar refractivity (Wildman–Crippen MR) is 60.2 cm³/mol. The van der Waals surface area contributed by atoms with Crippen LogP contribution in [0, 0.1) is 0 Å². The molecule has 0 aliphatic rings. The molecule has 0 unspecified atom stereocenters. The molecule has 0 aromatic carbocycles. The van der Waals surface area contributed by atoms with Crippen LogP contribution in [0.4, 0.5) is 0 Å². The second kappa shape index (κ2) is 5.23. The minimum Gasteiger partial charge on any atom is -0.395 e. The molecule has 0 atom stereocenters. The fraction of sp³-hybridized carbons (Fsp3) is 0.600. The second-order valence-electron chi connectivity index (χ2n) is 3.67. The number of aromatic nitrogens is 1. The molecule has 1 aromatic rings. The Morgan fingerprint density at radius 1 is 1.67 bits per heavy atom. The van der Waals surface area contributed by atoms with Gasteiger partial charge in [0.05, 0.1) is 17.8 Å². The van der Waals surface area contributed by atoms with Crippen molar-refractivity contribution >= 4 is 17.2 Å². The molecule has 15 heavy (non-hydrogen) atoms. The minimum absolute atomic E-state index is 0.0158. The first-order valence-corrected chi connectivity index (χ1v) is 5.70. The quantitative estimate of drug-likeness (QED) is 0.846. The summed E-state index contributed by atoms with van der Waals surface area (Å²) in [6.07, 6.45) is 1.61. The van der Waals surface area contributed by atoms with Gasteiger partial charge >= 0.3 is 0 Å². The van der Waals surface area contributed by atoms with Crippen LogP contribution in [0.2, 0.25) is 0 Å². The first-order valence-electron chi connectivity index (χ1n) is 4.88. The smallest absolute Gasteiger partial charge is 0.265 e. The summed E-state index contributed by atoms with van der Waals surface area (Å²) < 4.78 is 0. The number of rotatable bonds is 4. The number of carbonyl (C=O) groups is 1. The van der Waals surface area contributed by atoms with Crippen LogP contribution in [0.15, 0.2) is 6.20 Å². The average Bonchev–Trinajstić information content (AvgIpc) is 2.65. The summed E-state index contributed by atoms with van der Waals surface area (Å²) in [5.41, 5.74) is 0. The van der Waals surface area contributed by atoms with Crippen LogP contribution >= 0.6 is 11.3 Å². The molecule has 84 valence electrons. The monoisotopic (exact) mass is 228 g/mol. The van der Waals surface area contributed by atoms with E-state index in [1.807, 2.05) is 13.8 Å². The van der Waals surface area contributed by atoms with E-state index >= 15 is 0 Å². The van der Waals surface area contributed by atoms with E-state index < -0.39 is 0 Å². The van der Waals surface area contributed by atoms with E-state index in [-0.39, 0.29) is 12.5 Å². The van der Waals surface area contributed by atoms with Gasteiger partial charge in [0.25, 0.3) is 5.91 Å². The number of hydrogen-bond donors (Lipinski definition) is 1. The summed E-state index contributed by atoms with van der Waals surface area (Å²) in [5, 5.41) is 9.69. The Hall–Kier alpha value is -0.940. The molecule has 0 spiro atoms. The Kier molecular flexibility index (Phi) is 4.23. The van der Waals surface area contributed by atoms with Crippen molar-refractivity contribution in [3.8, 4) is 0 Å². The van der Waals surface area contributed by atoms with Crippen LogP contribution in [0.5, 0.6) is 0 Å². The third kappa shape index (κ3) is 3.00. The first-order chi connectivity index (χ1) is 7.06. The molecule has 0 radical (unpaired) electrons. The maximum Gasteiger partial charge on any atom is 0.265 e. The summed E-state index contributed by atoms with van der Waals surface area (Å²) in [6.45, 7) is 4.43. The molecule has 0 aliphatic heterocycles. The third-order valence-corrected chi connectivity index (χ3v) is 3.30. The number of hydrogen-bond acceptors (Lipinski definition) is 4. The van der Waals surface area contributed by atoms with Crippen LogP contribution in [0.3, 0.4) is 0 Å². The highest BCUT2D eigenvalue weighted by molar-refractivity contribution is 7.13. The number of likely N-dealkylation sites (N-methyl/N-ethyl adjacent to an activating group) is 1. The molecule has 1 heterocycles. The maximum atomic E-state index is 11.8. The van der Waals surface area contributed by atoms with Gasteiger partial charge in [0, 0.05) is 19.5 Å². The van der Waals surface area contributed by atoms with Gasteiger partial charge in [-0.05, 0) is 0 Å². The molecule has 0 fully saturated rings. The Balaban J connectivity index is 2.74. The lowest BCUT2D eigenvalue weighted by molar-refractivity contribution is 0.0771. The fourth-order valence-corrected chi connectivity index (χ4v) is 2.01. The van der Waals surface area contributed by atoms with Crippen LogP contribution in [-0.2, 0) is 0 Å². The lowest BCUT2D eigenvalue weighted by Crippen LogP contribution is -2.28. The third-order valence-electron chi connectivity index (χ3n) is 2.01. The van der Waals surface area contributed by atoms with Crippen LogP contribution in [-0.4, -0.2) is 41.1 Å². The van der Waals surface area contributed by atoms with Crippen molar-refractivity contribution in [3.63, 3.8) is 0 Å². The number of carbonyl (C=O) groups excluding carboxylic acids is 1. The van der Waals surface area contributed by atoms with Crippen LogP contribution < -0.4 is 0 Å². The van der Waals surface area contributed by atoms with Gasteiger partial charge in [0.2, 0.25) is 0 Å². The molecular formula is C10H16N2O2S. The molecule has 5 heteroatoms. The van der Waals surface area contributed by atoms with Crippen LogP contribution in [0.25, 0.3) is 0 Å². The van der Waals surface area contributed by atoms with Gasteiger partial charge in [-0.1, -0.05) is 13.8 Å². The van der Waals surface area contributed by atoms with E-state index in [9.17, 15) is 4.79 Å². The molecule has 1 aromatic heterocycles. The molecule has 1 amide bonds. The average molecular weight is 228 g/mol. The van der Waals surface area contributed by atoms with Crippen molar-refractivity contribution in [2.24, 2.45) is 0 Å². The van der Waals surface area contributed by atoms with Gasteiger partial charge in [-0.15, -0.1) is 11.3 Å². The lowest BCUT2D eigenvalue weighted by Gasteiger charge is -2.13. The van der Waals surface area contributed by atoms with Crippen molar-refractivity contribution < 1.29 is 9.90 Å². The van der Waals surface area contributed by atoms with Crippen LogP contribution in [0.1, 0.15) is 34.4 Å². The lowest BCUT2D eigenvalue weighted by atomic mass is 10.2. The number of nitrogens with zero attached hydrogens (tertiary/aromatic N) is 2. The summed E-state index contributed by atoms with van der Waals surface area (Å²) in [4.78, 5) is 18.1. The number of amides is 1. The molecule has 0 saturated heterocycles. The largest absolute Gasteiger partial charge is 0.395 e. The van der Waals surface area contributed by atoms with Gasteiger partial charge in [0.1, 0.15) is 4.88 Å². The summed E-state index contributed by atoms with van der Waals surface area (Å²) in [6, 6.07) is 0. The van der Waals surface area contributed by atoms with E-state index in [4.69, 9.17) is 5.11 Å². The molecular weight excluding hydrogens is 212 g/mol. The Morgan fingerprint density at radius 3 is 2.80 bits per heavy atom. The van der Waals surface area contributed by atoms with Gasteiger partial charge < -0.3 is 10.0 Å². The molecule has 4 nitrogen and oxygen atoms in total. The second-order valence-corrected chi connectivity index (χ2v) is 4.73. The molecule has 1 rings (SSSR count). The van der Waals surface area contributed by atoms with Gasteiger partial charge in [0.15, 0.2) is 0 Å². The Morgan fingerprint density at radius 2 is 2.33 bits per heavy atom. The Bertz CT molecular complexity index is 336. The van der Waals surface area contributed by atoms with E-state index in [0.717, 1.165) is 5.01 Å². The maximum absolute atomic E-state index is 11.8. The highest BCUT2D eigenvalue weighted by Gasteiger charge is 2.15. The molecule has 0 saturated carbocycles. The number of thiazole rings is 1. The standard InChI is InChI=1S/C10H16N2O2S/c1-7(2)9-11-6-8(15-9)10(14)12(3)4-5-13/h6-7,13H,4-5H2,1-3H3. The minimum atomic E-state index is -0.0755. The van der Waals surface area contributed by atoms with E-state index in [2.05, 4.69) is 4.98 Å². The SMILES string of the molecule is CC(C)c1ncc(C(=O)N(C)CCO)s1. The van der Waals surface area contributed by atoms with E-state index in [0.29, 0.717) is 17.3 Å². The summed E-state index contributed by atoms with van der Waals surface area (Å²) >= 11 is 1.42. The topological polar surface area (TPSA) is 53.4 Å². The van der Waals surface area contributed by atoms with Crippen molar-refractivity contribution in [2.75, 3.05) is 20.2 Å². The summed E-state index contributed by atoms with van der Waals surface area (Å²) in [5.74, 6) is 0.271. The van der Waals surface area contributed by atoms with Crippen molar-refractivity contribution in [1.29, 1.82) is 0 Å². The normalized spacial score (nSPS) is 10.7. The predicted octanol–water partition coefficient (Wildman–Crippen LogP) is 1.33. The van der Waals surface area contributed by atoms with Gasteiger partial charge in [-0.3, -0.25) is 4.79 Å². The fourth-order valence-electron chi connectivity index (χ4n) is 1.09. The summed E-state index contributed by atoms with van der Waals surface area (Å²) in [7, 11) is 1.67.